The third kappa shape index (κ3) is 3.04. The monoisotopic (exact) mass is 344 g/mol. The summed E-state index contributed by atoms with van der Waals surface area (Å²) < 4.78 is 12.9. The number of hydrogen-bond donors (Lipinski definition) is 1. The fraction of sp³-hybridized carbons (Fsp3) is 0.600. The molecule has 0 aliphatic carbocycles. The van der Waals surface area contributed by atoms with E-state index in [0.717, 1.165) is 30.8 Å². The van der Waals surface area contributed by atoms with Crippen LogP contribution in [0.15, 0.2) is 41.6 Å². The second-order valence-corrected chi connectivity index (χ2v) is 7.36. The van der Waals surface area contributed by atoms with Gasteiger partial charge in [-0.05, 0) is 18.5 Å². The molecule has 25 heavy (non-hydrogen) atoms. The minimum absolute atomic E-state index is 0.0178. The molecule has 0 saturated carbocycles. The van der Waals surface area contributed by atoms with Crippen molar-refractivity contribution >= 4 is 0 Å². The van der Waals surface area contributed by atoms with E-state index in [-0.39, 0.29) is 12.3 Å². The molecule has 1 aromatic carbocycles. The first-order chi connectivity index (χ1) is 12.3. The highest BCUT2D eigenvalue weighted by molar-refractivity contribution is 5.34. The van der Waals surface area contributed by atoms with Gasteiger partial charge < -0.3 is 9.47 Å². The normalized spacial score (nSPS) is 28.7. The Balaban J connectivity index is 1.56. The molecule has 5 heteroatoms. The summed E-state index contributed by atoms with van der Waals surface area (Å²) in [6.07, 6.45) is 2.53. The number of nitrogens with zero attached hydrogens (tertiary/aromatic N) is 2. The minimum Gasteiger partial charge on any atom is -0.358 e. The summed E-state index contributed by atoms with van der Waals surface area (Å²) in [7, 11) is 1.79. The molecule has 3 heterocycles. The second kappa shape index (κ2) is 7.17. The zero-order valence-corrected chi connectivity index (χ0v) is 15.4. The number of hydrogen-bond acceptors (Lipinski definition) is 4. The number of ether oxygens (including phenoxy) is 2. The van der Waals surface area contributed by atoms with Gasteiger partial charge in [0, 0.05) is 7.11 Å². The molecule has 3 aliphatic heterocycles. The third-order valence-electron chi connectivity index (χ3n) is 5.93. The molecule has 0 amide bonds. The largest absolute Gasteiger partial charge is 0.358 e. The standard InChI is InChI=1S/C20H30N3O2/c1-3-4-10-22-11-13-23(14-12-22)17-15-25-19(16-8-6-5-7-9-16)18(17)20(21-23)24-2/h5-9,19-21H,3-4,10-15H2,1-2H3/q+1. The Morgan fingerprint density at radius 3 is 2.68 bits per heavy atom. The quantitative estimate of drug-likeness (QED) is 0.832. The minimum atomic E-state index is -0.0510. The van der Waals surface area contributed by atoms with E-state index in [4.69, 9.17) is 9.47 Å². The van der Waals surface area contributed by atoms with Crippen LogP contribution in [0.4, 0.5) is 0 Å². The number of fused-ring (bicyclic) bond motifs is 1. The van der Waals surface area contributed by atoms with E-state index in [1.165, 1.54) is 36.2 Å². The lowest BCUT2D eigenvalue weighted by molar-refractivity contribution is -0.938. The van der Waals surface area contributed by atoms with Gasteiger partial charge in [-0.15, -0.1) is 5.43 Å². The van der Waals surface area contributed by atoms with Gasteiger partial charge >= 0.3 is 0 Å². The van der Waals surface area contributed by atoms with Crippen LogP contribution in [0.25, 0.3) is 0 Å². The van der Waals surface area contributed by atoms with Gasteiger partial charge in [-0.2, -0.15) is 0 Å². The van der Waals surface area contributed by atoms with Crippen LogP contribution in [0, 0.1) is 0 Å². The van der Waals surface area contributed by atoms with Gasteiger partial charge in [-0.1, -0.05) is 43.7 Å². The summed E-state index contributed by atoms with van der Waals surface area (Å²) in [5, 5.41) is 0. The SMILES string of the molecule is CCCCN1CC[N+]2(CC1)NC(OC)C1=C2COC1c1ccccc1. The van der Waals surface area contributed by atoms with Crippen molar-refractivity contribution in [2.45, 2.75) is 32.1 Å². The predicted molar refractivity (Wildman–Crippen MR) is 97.4 cm³/mol. The summed E-state index contributed by atoms with van der Waals surface area (Å²) in [6.45, 7) is 8.64. The highest BCUT2D eigenvalue weighted by Crippen LogP contribution is 2.44. The Kier molecular flexibility index (Phi) is 4.93. The van der Waals surface area contributed by atoms with Crippen LogP contribution in [0.1, 0.15) is 31.4 Å². The van der Waals surface area contributed by atoms with Gasteiger partial charge in [0.2, 0.25) is 0 Å². The van der Waals surface area contributed by atoms with Crippen molar-refractivity contribution in [2.24, 2.45) is 0 Å². The van der Waals surface area contributed by atoms with Gasteiger partial charge in [-0.25, -0.2) is 4.59 Å². The van der Waals surface area contributed by atoms with Crippen molar-refractivity contribution < 1.29 is 14.1 Å². The van der Waals surface area contributed by atoms with Crippen molar-refractivity contribution in [3.63, 3.8) is 0 Å². The molecule has 2 unspecified atom stereocenters. The molecule has 136 valence electrons. The zero-order valence-electron chi connectivity index (χ0n) is 15.4. The fourth-order valence-electron chi connectivity index (χ4n) is 4.45. The molecule has 5 nitrogen and oxygen atoms in total. The van der Waals surface area contributed by atoms with Gasteiger partial charge in [-0.3, -0.25) is 4.90 Å². The molecule has 2 atom stereocenters. The number of benzene rings is 1. The molecule has 1 spiro atoms. The highest BCUT2D eigenvalue weighted by atomic mass is 16.5. The van der Waals surface area contributed by atoms with Gasteiger partial charge in [0.1, 0.15) is 25.8 Å². The van der Waals surface area contributed by atoms with Crippen LogP contribution < -0.4 is 5.43 Å². The average Bonchev–Trinajstić information content (AvgIpc) is 3.23. The Bertz CT molecular complexity index is 623. The van der Waals surface area contributed by atoms with Crippen LogP contribution >= 0.6 is 0 Å². The fourth-order valence-corrected chi connectivity index (χ4v) is 4.45. The van der Waals surface area contributed by atoms with E-state index in [1.54, 1.807) is 7.11 Å². The van der Waals surface area contributed by atoms with E-state index < -0.39 is 0 Å². The van der Waals surface area contributed by atoms with Crippen LogP contribution in [0.3, 0.4) is 0 Å². The molecule has 0 aromatic heterocycles. The van der Waals surface area contributed by atoms with Crippen LogP contribution in [0.5, 0.6) is 0 Å². The molecule has 1 N–H and O–H groups in total. The van der Waals surface area contributed by atoms with Crippen molar-refractivity contribution in [1.29, 1.82) is 0 Å². The number of unbranched alkanes of at least 4 members (excludes halogenated alkanes) is 1. The predicted octanol–water partition coefficient (Wildman–Crippen LogP) is 2.44. The number of rotatable bonds is 5. The Morgan fingerprint density at radius 1 is 1.24 bits per heavy atom. The Morgan fingerprint density at radius 2 is 2.00 bits per heavy atom. The second-order valence-electron chi connectivity index (χ2n) is 7.36. The zero-order chi connectivity index (χ0) is 17.3. The first-order valence-corrected chi connectivity index (χ1v) is 9.57. The lowest BCUT2D eigenvalue weighted by Crippen LogP contribution is -2.65. The number of quaternary nitrogens is 1. The topological polar surface area (TPSA) is 33.7 Å². The first kappa shape index (κ1) is 17.2. The van der Waals surface area contributed by atoms with E-state index in [1.807, 2.05) is 0 Å². The summed E-state index contributed by atoms with van der Waals surface area (Å²) in [5.74, 6) is 0. The van der Waals surface area contributed by atoms with Crippen molar-refractivity contribution in [3.05, 3.63) is 47.2 Å². The summed E-state index contributed by atoms with van der Waals surface area (Å²) >= 11 is 0. The summed E-state index contributed by atoms with van der Waals surface area (Å²) in [5.41, 5.74) is 7.69. The number of methoxy groups -OCH3 is 1. The highest BCUT2D eigenvalue weighted by Gasteiger charge is 2.53. The number of nitrogens with one attached hydrogen (secondary N) is 1. The van der Waals surface area contributed by atoms with E-state index in [9.17, 15) is 0 Å². The van der Waals surface area contributed by atoms with E-state index in [0.29, 0.717) is 6.61 Å². The van der Waals surface area contributed by atoms with Crippen molar-refractivity contribution in [3.8, 4) is 0 Å². The Labute approximate surface area is 150 Å². The average molecular weight is 344 g/mol. The molecule has 0 radical (unpaired) electrons. The molecule has 1 saturated heterocycles. The maximum absolute atomic E-state index is 6.23. The van der Waals surface area contributed by atoms with Crippen LogP contribution in [0.2, 0.25) is 0 Å². The van der Waals surface area contributed by atoms with Crippen LogP contribution in [-0.2, 0) is 9.47 Å². The number of piperazine rings is 1. The van der Waals surface area contributed by atoms with E-state index in [2.05, 4.69) is 47.6 Å². The van der Waals surface area contributed by atoms with E-state index >= 15 is 0 Å². The van der Waals surface area contributed by atoms with Gasteiger partial charge in [0.05, 0.1) is 18.7 Å². The van der Waals surface area contributed by atoms with Gasteiger partial charge in [0.15, 0.2) is 11.9 Å². The molecule has 1 fully saturated rings. The Hall–Kier alpha value is -1.24. The summed E-state index contributed by atoms with van der Waals surface area (Å²) in [6, 6.07) is 10.5. The first-order valence-electron chi connectivity index (χ1n) is 9.57. The van der Waals surface area contributed by atoms with Crippen LogP contribution in [-0.4, -0.2) is 62.2 Å². The molecule has 1 aromatic rings. The third-order valence-corrected chi connectivity index (χ3v) is 5.93. The molecule has 0 bridgehead atoms. The lowest BCUT2D eigenvalue weighted by atomic mass is 10.0. The molecular formula is C20H30N3O2+. The molecular weight excluding hydrogens is 314 g/mol. The van der Waals surface area contributed by atoms with Crippen molar-refractivity contribution in [1.82, 2.24) is 10.3 Å². The molecule has 3 aliphatic rings. The van der Waals surface area contributed by atoms with Gasteiger partial charge in [0.25, 0.3) is 0 Å². The maximum atomic E-state index is 6.23. The summed E-state index contributed by atoms with van der Waals surface area (Å²) in [4.78, 5) is 2.60. The smallest absolute Gasteiger partial charge is 0.183 e. The van der Waals surface area contributed by atoms with Crippen molar-refractivity contribution in [2.75, 3.05) is 46.4 Å². The maximum Gasteiger partial charge on any atom is 0.183 e. The molecule has 4 rings (SSSR count). The lowest BCUT2D eigenvalue weighted by Gasteiger charge is -2.42.